The zero-order chi connectivity index (χ0) is 24.0. The molecule has 1 N–H and O–H groups in total. The summed E-state index contributed by atoms with van der Waals surface area (Å²) >= 11 is 0. The van der Waals surface area contributed by atoms with Gasteiger partial charge in [0.2, 0.25) is 5.91 Å². The Morgan fingerprint density at radius 2 is 1.88 bits per heavy atom. The van der Waals surface area contributed by atoms with Crippen LogP contribution in [0.2, 0.25) is 0 Å². The minimum Gasteiger partial charge on any atom is -0.381 e. The van der Waals surface area contributed by atoms with Gasteiger partial charge in [-0.25, -0.2) is 8.42 Å². The fourth-order valence-corrected chi connectivity index (χ4v) is 7.09. The Kier molecular flexibility index (Phi) is 6.56. The lowest BCUT2D eigenvalue weighted by molar-refractivity contribution is -0.144. The molecule has 184 valence electrons. The molecule has 2 heterocycles. The van der Waals surface area contributed by atoms with Crippen molar-refractivity contribution in [3.05, 3.63) is 29.3 Å². The number of fused-ring (bicyclic) bond motifs is 1. The summed E-state index contributed by atoms with van der Waals surface area (Å²) in [6, 6.07) is 3.14. The second-order valence-corrected chi connectivity index (χ2v) is 11.8. The molecule has 0 unspecified atom stereocenters. The van der Waals surface area contributed by atoms with Crippen LogP contribution in [0.5, 0.6) is 0 Å². The summed E-state index contributed by atoms with van der Waals surface area (Å²) in [5, 5.41) is 3.65. The Balaban J connectivity index is 1.57. The Hall–Kier alpha value is -1.65. The van der Waals surface area contributed by atoms with Gasteiger partial charge in [-0.05, 0) is 61.8 Å². The van der Waals surface area contributed by atoms with E-state index in [1.165, 1.54) is 4.90 Å². The number of hydrogen-bond donors (Lipinski definition) is 1. The number of sulfone groups is 1. The first-order chi connectivity index (χ1) is 15.4. The second-order valence-electron chi connectivity index (χ2n) is 9.87. The molecule has 2 fully saturated rings. The quantitative estimate of drug-likeness (QED) is 0.699. The molecular formula is C23H31F3N2O4S. The fourth-order valence-electron chi connectivity index (χ4n) is 5.54. The number of hydrogen-bond acceptors (Lipinski definition) is 5. The van der Waals surface area contributed by atoms with Gasteiger partial charge in [-0.2, -0.15) is 13.2 Å². The summed E-state index contributed by atoms with van der Waals surface area (Å²) in [5.41, 5.74) is -1.62. The maximum atomic E-state index is 13.8. The number of carbonyl (C=O) groups is 1. The van der Waals surface area contributed by atoms with Crippen molar-refractivity contribution < 1.29 is 31.1 Å². The van der Waals surface area contributed by atoms with Crippen LogP contribution in [0.3, 0.4) is 0 Å². The zero-order valence-corrected chi connectivity index (χ0v) is 19.8. The van der Waals surface area contributed by atoms with Crippen molar-refractivity contribution in [2.75, 3.05) is 19.1 Å². The van der Waals surface area contributed by atoms with Crippen LogP contribution in [-0.4, -0.2) is 50.4 Å². The summed E-state index contributed by atoms with van der Waals surface area (Å²) in [5.74, 6) is -0.811. The standard InChI is InChI=1S/C23H31F3N2O4S/c1-15(2)22(8-5-19(12-22)27-18-6-9-32-10-7-18)21(29)28-13-16-11-17(23(24,25)26)3-4-20(16)33(30,31)14-28/h3-4,11,15,18-19,27H,5-10,12-14H2,1-2H3/t19-,22+/m1/s1. The largest absolute Gasteiger partial charge is 0.416 e. The molecule has 1 aliphatic carbocycles. The molecule has 3 aliphatic rings. The third-order valence-electron chi connectivity index (χ3n) is 7.47. The predicted octanol–water partition coefficient (Wildman–Crippen LogP) is 3.74. The predicted molar refractivity (Wildman–Crippen MR) is 116 cm³/mol. The van der Waals surface area contributed by atoms with Crippen molar-refractivity contribution in [3.63, 3.8) is 0 Å². The number of halogens is 3. The Labute approximate surface area is 192 Å². The molecular weight excluding hydrogens is 457 g/mol. The Bertz CT molecular complexity index is 1010. The highest BCUT2D eigenvalue weighted by Gasteiger charge is 2.51. The number of alkyl halides is 3. The van der Waals surface area contributed by atoms with Crippen LogP contribution < -0.4 is 5.32 Å². The van der Waals surface area contributed by atoms with Crippen LogP contribution in [-0.2, 0) is 32.1 Å². The number of nitrogens with one attached hydrogen (secondary N) is 1. The number of nitrogens with zero attached hydrogens (tertiary/aromatic N) is 1. The number of amides is 1. The first kappa shape index (κ1) is 24.5. The second kappa shape index (κ2) is 8.85. The van der Waals surface area contributed by atoms with E-state index in [2.05, 4.69) is 5.32 Å². The molecule has 4 rings (SSSR count). The van der Waals surface area contributed by atoms with E-state index in [0.29, 0.717) is 32.1 Å². The maximum Gasteiger partial charge on any atom is 0.416 e. The Morgan fingerprint density at radius 1 is 1.18 bits per heavy atom. The van der Waals surface area contributed by atoms with E-state index in [4.69, 9.17) is 4.74 Å². The molecule has 1 aromatic rings. The highest BCUT2D eigenvalue weighted by Crippen LogP contribution is 2.47. The average molecular weight is 489 g/mol. The first-order valence-corrected chi connectivity index (χ1v) is 13.1. The third-order valence-corrected chi connectivity index (χ3v) is 9.19. The van der Waals surface area contributed by atoms with Crippen LogP contribution in [0.4, 0.5) is 13.2 Å². The first-order valence-electron chi connectivity index (χ1n) is 11.5. The molecule has 1 saturated carbocycles. The van der Waals surface area contributed by atoms with E-state index >= 15 is 0 Å². The molecule has 0 spiro atoms. The van der Waals surface area contributed by atoms with Crippen molar-refractivity contribution in [2.24, 2.45) is 11.3 Å². The molecule has 2 atom stereocenters. The van der Waals surface area contributed by atoms with Crippen LogP contribution in [0.1, 0.15) is 57.1 Å². The molecule has 0 bridgehead atoms. The van der Waals surface area contributed by atoms with Crippen molar-refractivity contribution in [1.82, 2.24) is 10.2 Å². The number of carbonyl (C=O) groups excluding carboxylic acids is 1. The third kappa shape index (κ3) is 4.79. The lowest BCUT2D eigenvalue weighted by atomic mass is 9.74. The van der Waals surface area contributed by atoms with Gasteiger partial charge in [0.15, 0.2) is 9.84 Å². The molecule has 6 nitrogen and oxygen atoms in total. The van der Waals surface area contributed by atoms with E-state index in [1.807, 2.05) is 13.8 Å². The van der Waals surface area contributed by atoms with Gasteiger partial charge in [-0.1, -0.05) is 13.8 Å². The lowest BCUT2D eigenvalue weighted by Gasteiger charge is -2.39. The van der Waals surface area contributed by atoms with Crippen LogP contribution >= 0.6 is 0 Å². The minimum absolute atomic E-state index is 0.0261. The zero-order valence-electron chi connectivity index (χ0n) is 19.0. The van der Waals surface area contributed by atoms with E-state index in [-0.39, 0.29) is 34.9 Å². The van der Waals surface area contributed by atoms with E-state index < -0.39 is 32.9 Å². The van der Waals surface area contributed by atoms with Crippen LogP contribution in [0.25, 0.3) is 0 Å². The fraction of sp³-hybridized carbons (Fsp3) is 0.696. The van der Waals surface area contributed by atoms with Gasteiger partial charge in [-0.3, -0.25) is 4.79 Å². The summed E-state index contributed by atoms with van der Waals surface area (Å²) in [6.45, 7) is 5.21. The number of rotatable bonds is 4. The normalized spacial score (nSPS) is 28.2. The van der Waals surface area contributed by atoms with Gasteiger partial charge in [0.1, 0.15) is 5.88 Å². The molecule has 1 saturated heterocycles. The van der Waals surface area contributed by atoms with Crippen molar-refractivity contribution in [2.45, 2.75) is 75.7 Å². The SMILES string of the molecule is CC(C)[C@]1(C(=O)N2Cc3cc(C(F)(F)F)ccc3S(=O)(=O)C2)CC[C@@H](NC2CCOCC2)C1. The van der Waals surface area contributed by atoms with Gasteiger partial charge >= 0.3 is 6.18 Å². The topological polar surface area (TPSA) is 75.7 Å². The summed E-state index contributed by atoms with van der Waals surface area (Å²) in [6.07, 6.45) is -0.734. The van der Waals surface area contributed by atoms with Crippen molar-refractivity contribution in [3.8, 4) is 0 Å². The van der Waals surface area contributed by atoms with Gasteiger partial charge < -0.3 is 15.0 Å². The van der Waals surface area contributed by atoms with Gasteiger partial charge in [0.05, 0.1) is 15.9 Å². The van der Waals surface area contributed by atoms with Crippen LogP contribution in [0, 0.1) is 11.3 Å². The number of benzene rings is 1. The lowest BCUT2D eigenvalue weighted by Crippen LogP contribution is -2.50. The van der Waals surface area contributed by atoms with E-state index in [9.17, 15) is 26.4 Å². The van der Waals surface area contributed by atoms with Gasteiger partial charge in [0.25, 0.3) is 0 Å². The van der Waals surface area contributed by atoms with Gasteiger partial charge in [-0.15, -0.1) is 0 Å². The summed E-state index contributed by atoms with van der Waals surface area (Å²) < 4.78 is 70.8. The molecule has 1 amide bonds. The molecule has 2 aliphatic heterocycles. The highest BCUT2D eigenvalue weighted by atomic mass is 32.2. The molecule has 10 heteroatoms. The summed E-state index contributed by atoms with van der Waals surface area (Å²) in [4.78, 5) is 14.9. The van der Waals surface area contributed by atoms with E-state index in [0.717, 1.165) is 37.5 Å². The smallest absolute Gasteiger partial charge is 0.381 e. The van der Waals surface area contributed by atoms with Crippen molar-refractivity contribution >= 4 is 15.7 Å². The molecule has 1 aromatic carbocycles. The molecule has 33 heavy (non-hydrogen) atoms. The van der Waals surface area contributed by atoms with Crippen molar-refractivity contribution in [1.29, 1.82) is 0 Å². The number of ether oxygens (including phenoxy) is 1. The monoisotopic (exact) mass is 488 g/mol. The summed E-state index contributed by atoms with van der Waals surface area (Å²) in [7, 11) is -3.91. The molecule has 0 aromatic heterocycles. The maximum absolute atomic E-state index is 13.8. The van der Waals surface area contributed by atoms with E-state index in [1.54, 1.807) is 0 Å². The highest BCUT2D eigenvalue weighted by molar-refractivity contribution is 7.91. The van der Waals surface area contributed by atoms with Gasteiger partial charge in [0, 0.05) is 31.8 Å². The molecule has 0 radical (unpaired) electrons. The van der Waals surface area contributed by atoms with Crippen LogP contribution in [0.15, 0.2) is 23.1 Å². The average Bonchev–Trinajstić information content (AvgIpc) is 3.17. The Morgan fingerprint density at radius 3 is 2.52 bits per heavy atom. The minimum atomic E-state index is -4.58.